The standard InChI is InChI=1S/C25H28FN5O3/c1-3-29(25(33)21-16-27-31(18(21)2)23-7-5-4-6-22(23)26)17-24(32)28-19-8-10-20(11-9-19)30-12-14-34-15-13-30/h4-11,16H,3,12-15,17H2,1-2H3,(H,28,32). The van der Waals surface area contributed by atoms with Gasteiger partial charge in [-0.2, -0.15) is 5.10 Å². The molecule has 1 aromatic heterocycles. The van der Waals surface area contributed by atoms with Crippen LogP contribution in [-0.2, 0) is 9.53 Å². The number of carbonyl (C=O) groups excluding carboxylic acids is 2. The molecule has 0 bridgehead atoms. The van der Waals surface area contributed by atoms with Crippen molar-refractivity contribution in [2.75, 3.05) is 49.6 Å². The Morgan fingerprint density at radius 3 is 2.50 bits per heavy atom. The lowest BCUT2D eigenvalue weighted by Gasteiger charge is -2.29. The van der Waals surface area contributed by atoms with Gasteiger partial charge in [-0.3, -0.25) is 9.59 Å². The number of halogens is 1. The molecule has 9 heteroatoms. The summed E-state index contributed by atoms with van der Waals surface area (Å²) in [6.07, 6.45) is 1.41. The minimum atomic E-state index is -0.431. The Kier molecular flexibility index (Phi) is 7.22. The molecule has 0 radical (unpaired) electrons. The van der Waals surface area contributed by atoms with E-state index in [-0.39, 0.29) is 24.0 Å². The summed E-state index contributed by atoms with van der Waals surface area (Å²) in [4.78, 5) is 29.4. The van der Waals surface area contributed by atoms with Gasteiger partial charge in [-0.25, -0.2) is 9.07 Å². The van der Waals surface area contributed by atoms with Gasteiger partial charge in [0.15, 0.2) is 0 Å². The number of morpholine rings is 1. The number of nitrogens with one attached hydrogen (secondary N) is 1. The third kappa shape index (κ3) is 5.09. The topological polar surface area (TPSA) is 79.7 Å². The van der Waals surface area contributed by atoms with Crippen LogP contribution in [0, 0.1) is 12.7 Å². The lowest BCUT2D eigenvalue weighted by atomic mass is 10.2. The average Bonchev–Trinajstić information content (AvgIpc) is 3.24. The first-order valence-corrected chi connectivity index (χ1v) is 11.3. The molecule has 0 atom stereocenters. The second-order valence-corrected chi connectivity index (χ2v) is 8.02. The molecule has 1 fully saturated rings. The zero-order chi connectivity index (χ0) is 24.1. The van der Waals surface area contributed by atoms with Crippen molar-refractivity contribution in [2.45, 2.75) is 13.8 Å². The molecule has 2 aromatic carbocycles. The highest BCUT2D eigenvalue weighted by Gasteiger charge is 2.23. The number of rotatable bonds is 7. The Morgan fingerprint density at radius 2 is 1.82 bits per heavy atom. The van der Waals surface area contributed by atoms with Crippen LogP contribution in [0.3, 0.4) is 0 Å². The molecule has 1 aliphatic heterocycles. The largest absolute Gasteiger partial charge is 0.378 e. The summed E-state index contributed by atoms with van der Waals surface area (Å²) >= 11 is 0. The molecular weight excluding hydrogens is 437 g/mol. The van der Waals surface area contributed by atoms with Crippen molar-refractivity contribution in [3.63, 3.8) is 0 Å². The number of ether oxygens (including phenoxy) is 1. The number of para-hydroxylation sites is 1. The minimum Gasteiger partial charge on any atom is -0.378 e. The fourth-order valence-corrected chi connectivity index (χ4v) is 3.93. The quantitative estimate of drug-likeness (QED) is 0.580. The molecule has 178 valence electrons. The Bertz CT molecular complexity index is 1160. The van der Waals surface area contributed by atoms with E-state index in [1.807, 2.05) is 24.3 Å². The molecule has 2 heterocycles. The maximum absolute atomic E-state index is 14.2. The van der Waals surface area contributed by atoms with Gasteiger partial charge < -0.3 is 19.9 Å². The fourth-order valence-electron chi connectivity index (χ4n) is 3.93. The van der Waals surface area contributed by atoms with Crippen LogP contribution in [0.5, 0.6) is 0 Å². The second kappa shape index (κ2) is 10.5. The zero-order valence-corrected chi connectivity index (χ0v) is 19.3. The van der Waals surface area contributed by atoms with E-state index < -0.39 is 5.82 Å². The van der Waals surface area contributed by atoms with Crippen molar-refractivity contribution >= 4 is 23.2 Å². The number of nitrogens with zero attached hydrogens (tertiary/aromatic N) is 4. The summed E-state index contributed by atoms with van der Waals surface area (Å²) < 4.78 is 21.0. The predicted octanol–water partition coefficient (Wildman–Crippen LogP) is 3.26. The molecule has 1 saturated heterocycles. The normalized spacial score (nSPS) is 13.6. The second-order valence-electron chi connectivity index (χ2n) is 8.02. The van der Waals surface area contributed by atoms with Crippen molar-refractivity contribution in [3.8, 4) is 5.69 Å². The number of amides is 2. The number of benzene rings is 2. The molecule has 0 aliphatic carbocycles. The van der Waals surface area contributed by atoms with Crippen molar-refractivity contribution in [2.24, 2.45) is 0 Å². The molecule has 34 heavy (non-hydrogen) atoms. The highest BCUT2D eigenvalue weighted by atomic mass is 19.1. The summed E-state index contributed by atoms with van der Waals surface area (Å²) in [5, 5.41) is 7.04. The van der Waals surface area contributed by atoms with Crippen molar-refractivity contribution < 1.29 is 18.7 Å². The molecule has 0 unspecified atom stereocenters. The monoisotopic (exact) mass is 465 g/mol. The molecule has 8 nitrogen and oxygen atoms in total. The number of hydrogen-bond donors (Lipinski definition) is 1. The molecule has 0 spiro atoms. The van der Waals surface area contributed by atoms with Crippen LogP contribution < -0.4 is 10.2 Å². The van der Waals surface area contributed by atoms with Crippen molar-refractivity contribution in [1.29, 1.82) is 0 Å². The fraction of sp³-hybridized carbons (Fsp3) is 0.320. The first-order chi connectivity index (χ1) is 16.5. The van der Waals surface area contributed by atoms with Gasteiger partial charge in [-0.15, -0.1) is 0 Å². The third-order valence-electron chi connectivity index (χ3n) is 5.85. The predicted molar refractivity (Wildman–Crippen MR) is 128 cm³/mol. The number of hydrogen-bond acceptors (Lipinski definition) is 5. The number of likely N-dealkylation sites (N-methyl/N-ethyl adjacent to an activating group) is 1. The van der Waals surface area contributed by atoms with Gasteiger partial charge in [0.1, 0.15) is 18.0 Å². The van der Waals surface area contributed by atoms with E-state index in [1.165, 1.54) is 21.8 Å². The third-order valence-corrected chi connectivity index (χ3v) is 5.85. The molecule has 3 aromatic rings. The molecule has 2 amide bonds. The summed E-state index contributed by atoms with van der Waals surface area (Å²) in [6.45, 7) is 6.83. The molecule has 1 aliphatic rings. The molecule has 1 N–H and O–H groups in total. The molecule has 0 saturated carbocycles. The SMILES string of the molecule is CCN(CC(=O)Nc1ccc(N2CCOCC2)cc1)C(=O)c1cnn(-c2ccccc2F)c1C. The number of carbonyl (C=O) groups is 2. The highest BCUT2D eigenvalue weighted by molar-refractivity contribution is 6.00. The van der Waals surface area contributed by atoms with Crippen LogP contribution >= 0.6 is 0 Å². The summed E-state index contributed by atoms with van der Waals surface area (Å²) in [5.74, 6) is -1.06. The number of aromatic nitrogens is 2. The first-order valence-electron chi connectivity index (χ1n) is 11.3. The minimum absolute atomic E-state index is 0.106. The van der Waals surface area contributed by atoms with Crippen LogP contribution in [0.2, 0.25) is 0 Å². The van der Waals surface area contributed by atoms with Crippen LogP contribution in [0.15, 0.2) is 54.7 Å². The van der Waals surface area contributed by atoms with E-state index in [2.05, 4.69) is 15.3 Å². The van der Waals surface area contributed by atoms with E-state index in [0.717, 1.165) is 18.8 Å². The first kappa shape index (κ1) is 23.4. The van der Waals surface area contributed by atoms with Gasteiger partial charge in [-0.1, -0.05) is 12.1 Å². The Balaban J connectivity index is 1.40. The maximum Gasteiger partial charge on any atom is 0.257 e. The molecular formula is C25H28FN5O3. The van der Waals surface area contributed by atoms with Gasteiger partial charge in [0.25, 0.3) is 5.91 Å². The van der Waals surface area contributed by atoms with Crippen molar-refractivity contribution in [3.05, 3.63) is 71.8 Å². The van der Waals surface area contributed by atoms with Gasteiger partial charge >= 0.3 is 0 Å². The summed E-state index contributed by atoms with van der Waals surface area (Å²) in [7, 11) is 0. The smallest absolute Gasteiger partial charge is 0.257 e. The molecule has 4 rings (SSSR count). The van der Waals surface area contributed by atoms with Crippen LogP contribution in [0.1, 0.15) is 23.0 Å². The Hall–Kier alpha value is -3.72. The Labute approximate surface area is 197 Å². The van der Waals surface area contributed by atoms with Crippen LogP contribution in [0.25, 0.3) is 5.69 Å². The van der Waals surface area contributed by atoms with Gasteiger partial charge in [0.05, 0.1) is 30.7 Å². The van der Waals surface area contributed by atoms with Crippen LogP contribution in [-0.4, -0.2) is 65.9 Å². The maximum atomic E-state index is 14.2. The highest BCUT2D eigenvalue weighted by Crippen LogP contribution is 2.20. The summed E-state index contributed by atoms with van der Waals surface area (Å²) in [6, 6.07) is 13.9. The lowest BCUT2D eigenvalue weighted by Crippen LogP contribution is -2.38. The average molecular weight is 466 g/mol. The number of anilines is 2. The van der Waals surface area contributed by atoms with Crippen molar-refractivity contribution in [1.82, 2.24) is 14.7 Å². The zero-order valence-electron chi connectivity index (χ0n) is 19.3. The summed E-state index contributed by atoms with van der Waals surface area (Å²) in [5.41, 5.74) is 2.84. The van der Waals surface area contributed by atoms with Gasteiger partial charge in [0, 0.05) is 31.0 Å². The lowest BCUT2D eigenvalue weighted by molar-refractivity contribution is -0.116. The van der Waals surface area contributed by atoms with Crippen LogP contribution in [0.4, 0.5) is 15.8 Å². The van der Waals surface area contributed by atoms with E-state index >= 15 is 0 Å². The van der Waals surface area contributed by atoms with E-state index in [9.17, 15) is 14.0 Å². The van der Waals surface area contributed by atoms with E-state index in [4.69, 9.17) is 4.74 Å². The Morgan fingerprint density at radius 1 is 1.12 bits per heavy atom. The van der Waals surface area contributed by atoms with E-state index in [0.29, 0.717) is 36.7 Å². The van der Waals surface area contributed by atoms with Gasteiger partial charge in [0.2, 0.25) is 5.91 Å². The van der Waals surface area contributed by atoms with E-state index in [1.54, 1.807) is 32.0 Å². The van der Waals surface area contributed by atoms with Gasteiger partial charge in [-0.05, 0) is 50.2 Å².